The number of amides is 3. The number of anilines is 2. The molecule has 0 spiro atoms. The predicted molar refractivity (Wildman–Crippen MR) is 149 cm³/mol. The largest absolute Gasteiger partial charge is 0.325 e. The minimum atomic E-state index is -0.840. The Balaban J connectivity index is 1.42. The van der Waals surface area contributed by atoms with E-state index in [1.54, 1.807) is 60.7 Å². The zero-order valence-corrected chi connectivity index (χ0v) is 22.4. The van der Waals surface area contributed by atoms with Gasteiger partial charge in [-0.2, -0.15) is 0 Å². The van der Waals surface area contributed by atoms with E-state index in [0.29, 0.717) is 31.9 Å². The van der Waals surface area contributed by atoms with E-state index in [1.165, 1.54) is 16.7 Å². The van der Waals surface area contributed by atoms with Crippen LogP contribution in [0.2, 0.25) is 5.02 Å². The van der Waals surface area contributed by atoms with Gasteiger partial charge in [0.2, 0.25) is 17.7 Å². The van der Waals surface area contributed by atoms with Gasteiger partial charge in [0, 0.05) is 21.5 Å². The van der Waals surface area contributed by atoms with Crippen molar-refractivity contribution in [1.82, 2.24) is 4.57 Å². The van der Waals surface area contributed by atoms with Crippen molar-refractivity contribution in [3.05, 3.63) is 110 Å². The number of halogens is 2. The lowest BCUT2D eigenvalue weighted by Crippen LogP contribution is -2.33. The molecule has 196 valence electrons. The molecule has 3 aromatic carbocycles. The highest BCUT2D eigenvalue weighted by Gasteiger charge is 2.56. The van der Waals surface area contributed by atoms with Crippen LogP contribution >= 0.6 is 34.7 Å². The number of nitrogens with one attached hydrogen (secondary N) is 1. The van der Waals surface area contributed by atoms with Gasteiger partial charge in [0.05, 0.1) is 16.6 Å². The number of thioether (sulfide) groups is 1. The first-order chi connectivity index (χ1) is 18.8. The molecule has 1 fully saturated rings. The second-order valence-electron chi connectivity index (χ2n) is 9.12. The Morgan fingerprint density at radius 2 is 1.62 bits per heavy atom. The first kappa shape index (κ1) is 25.5. The van der Waals surface area contributed by atoms with Crippen molar-refractivity contribution in [1.29, 1.82) is 0 Å². The summed E-state index contributed by atoms with van der Waals surface area (Å²) in [5.74, 6) is -3.16. The van der Waals surface area contributed by atoms with Crippen LogP contribution in [0.15, 0.2) is 88.7 Å². The molecule has 39 heavy (non-hydrogen) atoms. The summed E-state index contributed by atoms with van der Waals surface area (Å²) in [5, 5.41) is 2.86. The number of aromatic nitrogens is 1. The number of hydrogen-bond acceptors (Lipinski definition) is 6. The summed E-state index contributed by atoms with van der Waals surface area (Å²) in [7, 11) is 0. The molecule has 4 aromatic rings. The molecule has 0 aliphatic carbocycles. The number of rotatable bonds is 5. The zero-order chi connectivity index (χ0) is 27.3. The molecule has 2 unspecified atom stereocenters. The average molecular weight is 580 g/mol. The van der Waals surface area contributed by atoms with Gasteiger partial charge in [0.25, 0.3) is 0 Å². The fourth-order valence-electron chi connectivity index (χ4n) is 4.99. The minimum absolute atomic E-state index is 0.261. The predicted octanol–water partition coefficient (Wildman–Crippen LogP) is 5.14. The molecule has 11 heteroatoms. The highest BCUT2D eigenvalue weighted by atomic mass is 35.5. The van der Waals surface area contributed by atoms with Crippen LogP contribution in [-0.4, -0.2) is 27.5 Å². The molecule has 1 saturated heterocycles. The van der Waals surface area contributed by atoms with Gasteiger partial charge in [-0.1, -0.05) is 65.0 Å². The van der Waals surface area contributed by atoms with E-state index < -0.39 is 40.6 Å². The molecule has 3 heterocycles. The van der Waals surface area contributed by atoms with Gasteiger partial charge in [0.1, 0.15) is 17.6 Å². The lowest BCUT2D eigenvalue weighted by atomic mass is 9.83. The highest BCUT2D eigenvalue weighted by molar-refractivity contribution is 8.00. The maximum atomic E-state index is 13.8. The lowest BCUT2D eigenvalue weighted by molar-refractivity contribution is -0.122. The van der Waals surface area contributed by atoms with Crippen LogP contribution in [0.5, 0.6) is 0 Å². The van der Waals surface area contributed by atoms with Crippen LogP contribution in [-0.2, 0) is 20.9 Å². The van der Waals surface area contributed by atoms with Crippen molar-refractivity contribution >= 4 is 63.8 Å². The number of imide groups is 1. The Hall–Kier alpha value is -3.73. The second-order valence-corrected chi connectivity index (χ2v) is 11.7. The number of para-hydroxylation sites is 1. The summed E-state index contributed by atoms with van der Waals surface area (Å²) in [6.45, 7) is -0.261. The van der Waals surface area contributed by atoms with Crippen molar-refractivity contribution in [3.8, 4) is 0 Å². The zero-order valence-electron chi connectivity index (χ0n) is 20.0. The van der Waals surface area contributed by atoms with E-state index in [0.717, 1.165) is 28.0 Å². The van der Waals surface area contributed by atoms with Gasteiger partial charge in [-0.15, -0.1) is 0 Å². The summed E-state index contributed by atoms with van der Waals surface area (Å²) >= 11 is 8.07. The molecule has 0 bridgehead atoms. The average Bonchev–Trinajstić information content (AvgIpc) is 3.36. The third-order valence-corrected chi connectivity index (χ3v) is 9.58. The van der Waals surface area contributed by atoms with Crippen molar-refractivity contribution < 1.29 is 18.8 Å². The van der Waals surface area contributed by atoms with Crippen molar-refractivity contribution in [3.63, 3.8) is 0 Å². The quantitative estimate of drug-likeness (QED) is 0.331. The van der Waals surface area contributed by atoms with Crippen molar-refractivity contribution in [2.24, 2.45) is 5.92 Å². The van der Waals surface area contributed by atoms with Crippen molar-refractivity contribution in [2.45, 2.75) is 22.7 Å². The summed E-state index contributed by atoms with van der Waals surface area (Å²) in [6.07, 6.45) is 0. The molecule has 2 aliphatic heterocycles. The maximum absolute atomic E-state index is 13.8. The van der Waals surface area contributed by atoms with E-state index in [4.69, 9.17) is 11.6 Å². The van der Waals surface area contributed by atoms with E-state index >= 15 is 0 Å². The standard InChI is InChI=1S/C28H19ClFN3O4S2/c29-16-8-12-19(13-9-16)33-25(35)22-21(15-6-10-17(30)11-7-15)24-27(38-23(22)26(33)36)32(28(37)39-24)14-20(34)31-18-4-2-1-3-5-18/h1-13,21-23H,14H2,(H,31,34)/t21-,22?,23?/m0/s1. The molecular weight excluding hydrogens is 561 g/mol. The number of thiazole rings is 1. The Kier molecular flexibility index (Phi) is 6.62. The van der Waals surface area contributed by atoms with E-state index in [9.17, 15) is 23.6 Å². The summed E-state index contributed by atoms with van der Waals surface area (Å²) in [4.78, 5) is 54.9. The molecule has 6 rings (SSSR count). The Morgan fingerprint density at radius 1 is 0.923 bits per heavy atom. The van der Waals surface area contributed by atoms with Crippen LogP contribution in [0.3, 0.4) is 0 Å². The fraction of sp³-hybridized carbons (Fsp3) is 0.143. The number of nitrogens with zero attached hydrogens (tertiary/aromatic N) is 2. The van der Waals surface area contributed by atoms with Crippen LogP contribution < -0.4 is 15.1 Å². The van der Waals surface area contributed by atoms with Crippen LogP contribution in [0.4, 0.5) is 15.8 Å². The maximum Gasteiger partial charge on any atom is 0.308 e. The Morgan fingerprint density at radius 3 is 2.31 bits per heavy atom. The molecule has 3 atom stereocenters. The first-order valence-electron chi connectivity index (χ1n) is 12.0. The van der Waals surface area contributed by atoms with Crippen LogP contribution in [0.1, 0.15) is 16.4 Å². The van der Waals surface area contributed by atoms with Crippen molar-refractivity contribution in [2.75, 3.05) is 10.2 Å². The minimum Gasteiger partial charge on any atom is -0.325 e. The van der Waals surface area contributed by atoms with Gasteiger partial charge in [-0.25, -0.2) is 9.29 Å². The van der Waals surface area contributed by atoms with Gasteiger partial charge >= 0.3 is 4.87 Å². The SMILES string of the molecule is O=C(Cn1c2c(sc1=O)[C@@H](c1ccc(F)cc1)C1C(=O)N(c3ccc(Cl)cc3)C(=O)C1S2)Nc1ccccc1. The third kappa shape index (κ3) is 4.58. The molecule has 2 aliphatic rings. The molecule has 0 saturated carbocycles. The van der Waals surface area contributed by atoms with E-state index in [-0.39, 0.29) is 11.4 Å². The second kappa shape index (κ2) is 10.1. The molecule has 0 radical (unpaired) electrons. The lowest BCUT2D eigenvalue weighted by Gasteiger charge is -2.30. The summed E-state index contributed by atoms with van der Waals surface area (Å²) < 4.78 is 15.2. The third-order valence-electron chi connectivity index (χ3n) is 6.72. The van der Waals surface area contributed by atoms with Crippen LogP contribution in [0, 0.1) is 11.7 Å². The van der Waals surface area contributed by atoms with E-state index in [1.807, 2.05) is 6.07 Å². The van der Waals surface area contributed by atoms with E-state index in [2.05, 4.69) is 5.32 Å². The molecule has 3 amide bonds. The monoisotopic (exact) mass is 579 g/mol. The number of fused-ring (bicyclic) bond motifs is 2. The first-order valence-corrected chi connectivity index (χ1v) is 14.0. The van der Waals surface area contributed by atoms with Crippen LogP contribution in [0.25, 0.3) is 0 Å². The Labute approximate surface area is 235 Å². The smallest absolute Gasteiger partial charge is 0.308 e. The van der Waals surface area contributed by atoms with Gasteiger partial charge in [0.15, 0.2) is 0 Å². The number of carbonyl (C=O) groups excluding carboxylic acids is 3. The van der Waals surface area contributed by atoms with Gasteiger partial charge in [-0.05, 0) is 54.1 Å². The Bertz CT molecular complexity index is 1660. The fourth-order valence-corrected chi connectivity index (χ4v) is 7.89. The topological polar surface area (TPSA) is 88.5 Å². The summed E-state index contributed by atoms with van der Waals surface area (Å²) in [6, 6.07) is 21.0. The number of hydrogen-bond donors (Lipinski definition) is 1. The molecule has 7 nitrogen and oxygen atoms in total. The summed E-state index contributed by atoms with van der Waals surface area (Å²) in [5.41, 5.74) is 1.59. The number of benzene rings is 3. The normalized spacial score (nSPS) is 20.1. The molecular formula is C28H19ClFN3O4S2. The van der Waals surface area contributed by atoms with Gasteiger partial charge in [-0.3, -0.25) is 23.7 Å². The van der Waals surface area contributed by atoms with Gasteiger partial charge < -0.3 is 5.32 Å². The highest BCUT2D eigenvalue weighted by Crippen LogP contribution is 2.53. The molecule has 1 aromatic heterocycles. The molecule has 1 N–H and O–H groups in total. The number of carbonyl (C=O) groups is 3.